The molecule has 116 valence electrons. The van der Waals surface area contributed by atoms with Crippen molar-refractivity contribution < 1.29 is 8.42 Å². The number of hydrogen-bond donors (Lipinski definition) is 1. The Balaban J connectivity index is 2.02. The quantitative estimate of drug-likeness (QED) is 0.858. The lowest BCUT2D eigenvalue weighted by Gasteiger charge is -2.28. The van der Waals surface area contributed by atoms with Gasteiger partial charge in [0.1, 0.15) is 0 Å². The summed E-state index contributed by atoms with van der Waals surface area (Å²) in [6.07, 6.45) is 7.26. The molecule has 0 radical (unpaired) electrons. The zero-order chi connectivity index (χ0) is 15.6. The third-order valence-electron chi connectivity index (χ3n) is 3.86. The van der Waals surface area contributed by atoms with E-state index >= 15 is 0 Å². The van der Waals surface area contributed by atoms with E-state index in [-0.39, 0.29) is 6.04 Å². The van der Waals surface area contributed by atoms with Crippen LogP contribution in [-0.2, 0) is 10.0 Å². The number of aromatic nitrogens is 1. The van der Waals surface area contributed by atoms with Crippen molar-refractivity contribution in [3.63, 3.8) is 0 Å². The molecule has 1 N–H and O–H groups in total. The predicted octanol–water partition coefficient (Wildman–Crippen LogP) is 1.77. The first-order valence-electron chi connectivity index (χ1n) is 7.30. The minimum atomic E-state index is -3.52. The highest BCUT2D eigenvalue weighted by molar-refractivity contribution is 7.89. The summed E-state index contributed by atoms with van der Waals surface area (Å²) >= 11 is 0. The molecule has 0 aliphatic carbocycles. The molecule has 0 unspecified atom stereocenters. The lowest BCUT2D eigenvalue weighted by molar-refractivity contribution is 0.348. The van der Waals surface area contributed by atoms with Crippen LogP contribution in [0.4, 0.5) is 0 Å². The van der Waals surface area contributed by atoms with E-state index in [1.54, 1.807) is 30.6 Å². The van der Waals surface area contributed by atoms with Gasteiger partial charge in [0.05, 0.1) is 4.90 Å². The van der Waals surface area contributed by atoms with E-state index < -0.39 is 10.0 Å². The van der Waals surface area contributed by atoms with Gasteiger partial charge in [-0.05, 0) is 30.5 Å². The van der Waals surface area contributed by atoms with Gasteiger partial charge in [-0.15, -0.1) is 0 Å². The number of nitrogens with one attached hydrogen (secondary N) is 1. The molecule has 0 saturated carbocycles. The Kier molecular flexibility index (Phi) is 4.24. The lowest BCUT2D eigenvalue weighted by Crippen LogP contribution is -2.45. The van der Waals surface area contributed by atoms with Gasteiger partial charge in [0.15, 0.2) is 0 Å². The molecule has 2 aromatic rings. The molecule has 1 aliphatic heterocycles. The molecule has 0 saturated heterocycles. The number of pyridine rings is 1. The van der Waals surface area contributed by atoms with Crippen LogP contribution in [0.1, 0.15) is 6.92 Å². The van der Waals surface area contributed by atoms with E-state index in [9.17, 15) is 8.42 Å². The molecule has 0 fully saturated rings. The van der Waals surface area contributed by atoms with Gasteiger partial charge in [-0.25, -0.2) is 8.42 Å². The number of hydrogen-bond acceptors (Lipinski definition) is 4. The second-order valence-corrected chi connectivity index (χ2v) is 7.33. The normalized spacial score (nSPS) is 20.7. The summed E-state index contributed by atoms with van der Waals surface area (Å²) < 4.78 is 27.4. The van der Waals surface area contributed by atoms with E-state index in [1.165, 1.54) is 4.31 Å². The van der Waals surface area contributed by atoms with E-state index in [4.69, 9.17) is 0 Å². The minimum Gasteiger partial charge on any atom is -0.312 e. The summed E-state index contributed by atoms with van der Waals surface area (Å²) in [6, 6.07) is 6.91. The fraction of sp³-hybridized carbons (Fsp3) is 0.312. The number of rotatable bonds is 2. The Morgan fingerprint density at radius 1 is 1.23 bits per heavy atom. The van der Waals surface area contributed by atoms with Crippen molar-refractivity contribution in [3.05, 3.63) is 48.8 Å². The van der Waals surface area contributed by atoms with Crippen LogP contribution >= 0.6 is 0 Å². The second kappa shape index (κ2) is 6.16. The molecule has 1 aliphatic rings. The molecule has 22 heavy (non-hydrogen) atoms. The third-order valence-corrected chi connectivity index (χ3v) is 5.84. The molecular formula is C16H19N3O2S. The molecule has 1 aromatic carbocycles. The predicted molar refractivity (Wildman–Crippen MR) is 87.1 cm³/mol. The second-order valence-electron chi connectivity index (χ2n) is 5.44. The highest BCUT2D eigenvalue weighted by atomic mass is 32.2. The Bertz CT molecular complexity index is 802. The SMILES string of the molecule is C[C@@H]1CNCC=CCN1S(=O)(=O)c1ccc2cnccc2c1. The van der Waals surface area contributed by atoms with Crippen LogP contribution in [0.25, 0.3) is 10.8 Å². The minimum absolute atomic E-state index is 0.0944. The van der Waals surface area contributed by atoms with Gasteiger partial charge in [0.2, 0.25) is 10.0 Å². The number of benzene rings is 1. The van der Waals surface area contributed by atoms with Gasteiger partial charge in [0, 0.05) is 43.5 Å². The molecular weight excluding hydrogens is 298 g/mol. The van der Waals surface area contributed by atoms with Crippen LogP contribution in [0.3, 0.4) is 0 Å². The first-order valence-corrected chi connectivity index (χ1v) is 8.74. The van der Waals surface area contributed by atoms with Crippen LogP contribution < -0.4 is 5.32 Å². The van der Waals surface area contributed by atoms with Crippen LogP contribution in [0.15, 0.2) is 53.7 Å². The largest absolute Gasteiger partial charge is 0.312 e. The third kappa shape index (κ3) is 2.90. The first kappa shape index (κ1) is 15.1. The van der Waals surface area contributed by atoms with E-state index in [0.717, 1.165) is 17.3 Å². The molecule has 5 nitrogen and oxygen atoms in total. The molecule has 2 heterocycles. The van der Waals surface area contributed by atoms with E-state index in [2.05, 4.69) is 10.3 Å². The van der Waals surface area contributed by atoms with Crippen LogP contribution in [0.5, 0.6) is 0 Å². The molecule has 1 aromatic heterocycles. The summed E-state index contributed by atoms with van der Waals surface area (Å²) in [5.41, 5.74) is 0. The highest BCUT2D eigenvalue weighted by Gasteiger charge is 2.28. The van der Waals surface area contributed by atoms with E-state index in [0.29, 0.717) is 18.0 Å². The Hall–Kier alpha value is -1.76. The molecule has 0 spiro atoms. The van der Waals surface area contributed by atoms with Crippen molar-refractivity contribution >= 4 is 20.8 Å². The van der Waals surface area contributed by atoms with Gasteiger partial charge < -0.3 is 5.32 Å². The summed E-state index contributed by atoms with van der Waals surface area (Å²) in [5.74, 6) is 0. The summed E-state index contributed by atoms with van der Waals surface area (Å²) in [7, 11) is -3.52. The summed E-state index contributed by atoms with van der Waals surface area (Å²) in [6.45, 7) is 3.75. The van der Waals surface area contributed by atoms with Crippen LogP contribution in [0.2, 0.25) is 0 Å². The standard InChI is InChI=1S/C16H19N3O2S/c1-13-11-17-7-2-3-9-19(13)22(20,21)16-5-4-15-12-18-8-6-14(15)10-16/h2-6,8,10,12-13,17H,7,9,11H2,1H3/t13-/m1/s1. The maximum absolute atomic E-state index is 13.0. The van der Waals surface area contributed by atoms with Gasteiger partial charge in [0.25, 0.3) is 0 Å². The van der Waals surface area contributed by atoms with Crippen molar-refractivity contribution in [1.29, 1.82) is 0 Å². The molecule has 0 amide bonds. The maximum Gasteiger partial charge on any atom is 0.243 e. The zero-order valence-electron chi connectivity index (χ0n) is 12.4. The fourth-order valence-corrected chi connectivity index (χ4v) is 4.23. The average molecular weight is 317 g/mol. The molecule has 0 bridgehead atoms. The average Bonchev–Trinajstić information content (AvgIpc) is 2.50. The van der Waals surface area contributed by atoms with Crippen LogP contribution in [-0.4, -0.2) is 43.4 Å². The van der Waals surface area contributed by atoms with Crippen molar-refractivity contribution in [2.45, 2.75) is 17.9 Å². The van der Waals surface area contributed by atoms with Crippen LogP contribution in [0, 0.1) is 0 Å². The van der Waals surface area contributed by atoms with Gasteiger partial charge in [-0.1, -0.05) is 18.2 Å². The Morgan fingerprint density at radius 3 is 2.95 bits per heavy atom. The zero-order valence-corrected chi connectivity index (χ0v) is 13.3. The van der Waals surface area contributed by atoms with Gasteiger partial charge in [-0.2, -0.15) is 4.31 Å². The summed E-state index contributed by atoms with van der Waals surface area (Å²) in [5, 5.41) is 5.03. The molecule has 3 rings (SSSR count). The molecule has 6 heteroatoms. The Labute approximate surface area is 130 Å². The van der Waals surface area contributed by atoms with Crippen molar-refractivity contribution in [2.24, 2.45) is 0 Å². The van der Waals surface area contributed by atoms with Crippen molar-refractivity contribution in [2.75, 3.05) is 19.6 Å². The smallest absolute Gasteiger partial charge is 0.243 e. The van der Waals surface area contributed by atoms with Crippen molar-refractivity contribution in [1.82, 2.24) is 14.6 Å². The maximum atomic E-state index is 13.0. The topological polar surface area (TPSA) is 62.3 Å². The fourth-order valence-electron chi connectivity index (χ4n) is 2.61. The monoisotopic (exact) mass is 317 g/mol. The number of fused-ring (bicyclic) bond motifs is 1. The Morgan fingerprint density at radius 2 is 2.09 bits per heavy atom. The number of sulfonamides is 1. The lowest BCUT2D eigenvalue weighted by atomic mass is 10.2. The molecule has 1 atom stereocenters. The van der Waals surface area contributed by atoms with Gasteiger partial charge >= 0.3 is 0 Å². The summed E-state index contributed by atoms with van der Waals surface area (Å²) in [4.78, 5) is 4.38. The first-order chi connectivity index (χ1) is 10.6. The number of nitrogens with zero attached hydrogens (tertiary/aromatic N) is 2. The highest BCUT2D eigenvalue weighted by Crippen LogP contribution is 2.23. The van der Waals surface area contributed by atoms with Gasteiger partial charge in [-0.3, -0.25) is 4.98 Å². The van der Waals surface area contributed by atoms with Crippen molar-refractivity contribution in [3.8, 4) is 0 Å². The van der Waals surface area contributed by atoms with E-state index in [1.807, 2.05) is 25.1 Å².